The molecule has 0 atom stereocenters. The van der Waals surface area contributed by atoms with Gasteiger partial charge in [0.05, 0.1) is 19.9 Å². The maximum absolute atomic E-state index is 12.6. The summed E-state index contributed by atoms with van der Waals surface area (Å²) in [5.74, 6) is 1.68. The van der Waals surface area contributed by atoms with E-state index < -0.39 is 0 Å². The number of urea groups is 1. The lowest BCUT2D eigenvalue weighted by atomic mass is 9.97. The highest BCUT2D eigenvalue weighted by atomic mass is 16.5. The number of benzene rings is 1. The van der Waals surface area contributed by atoms with Crippen LogP contribution in [0.5, 0.6) is 11.5 Å². The number of hydrogen-bond donors (Lipinski definition) is 1. The van der Waals surface area contributed by atoms with Crippen LogP contribution in [0.2, 0.25) is 0 Å². The molecule has 134 valence electrons. The van der Waals surface area contributed by atoms with Crippen LogP contribution in [-0.4, -0.2) is 48.0 Å². The Kier molecular flexibility index (Phi) is 5.42. The van der Waals surface area contributed by atoms with Gasteiger partial charge in [0.1, 0.15) is 0 Å². The van der Waals surface area contributed by atoms with Crippen LogP contribution in [0.15, 0.2) is 36.7 Å². The number of piperidine rings is 1. The summed E-state index contributed by atoms with van der Waals surface area (Å²) in [4.78, 5) is 14.4. The fourth-order valence-electron chi connectivity index (χ4n) is 3.17. The molecular formula is C18H24N4O3. The number of nitrogens with zero attached hydrogens (tertiary/aromatic N) is 3. The summed E-state index contributed by atoms with van der Waals surface area (Å²) in [6.07, 6.45) is 5.73. The Balaban J connectivity index is 1.56. The molecule has 0 saturated carbocycles. The van der Waals surface area contributed by atoms with E-state index in [0.717, 1.165) is 32.5 Å². The van der Waals surface area contributed by atoms with Gasteiger partial charge < -0.3 is 19.7 Å². The average Bonchev–Trinajstić information content (AvgIpc) is 3.15. The number of hydrogen-bond acceptors (Lipinski definition) is 4. The molecule has 3 rings (SSSR count). The zero-order valence-corrected chi connectivity index (χ0v) is 14.6. The van der Waals surface area contributed by atoms with Crippen molar-refractivity contribution in [3.8, 4) is 11.5 Å². The van der Waals surface area contributed by atoms with Crippen LogP contribution < -0.4 is 14.8 Å². The summed E-state index contributed by atoms with van der Waals surface area (Å²) in [7, 11) is 3.14. The highest BCUT2D eigenvalue weighted by molar-refractivity contribution is 5.91. The zero-order valence-electron chi connectivity index (χ0n) is 14.6. The molecule has 0 bridgehead atoms. The summed E-state index contributed by atoms with van der Waals surface area (Å²) in [6, 6.07) is 7.26. The minimum Gasteiger partial charge on any atom is -0.493 e. The molecule has 1 aliphatic rings. The van der Waals surface area contributed by atoms with Gasteiger partial charge in [-0.1, -0.05) is 6.07 Å². The Labute approximate surface area is 147 Å². The number of para-hydroxylation sites is 1. The summed E-state index contributed by atoms with van der Waals surface area (Å²) >= 11 is 0. The number of carbonyl (C=O) groups is 1. The topological polar surface area (TPSA) is 68.6 Å². The van der Waals surface area contributed by atoms with Crippen LogP contribution in [0.25, 0.3) is 0 Å². The van der Waals surface area contributed by atoms with Crippen LogP contribution in [0.4, 0.5) is 10.5 Å². The van der Waals surface area contributed by atoms with Crippen LogP contribution in [0.1, 0.15) is 12.8 Å². The monoisotopic (exact) mass is 344 g/mol. The molecule has 0 radical (unpaired) electrons. The van der Waals surface area contributed by atoms with E-state index in [1.54, 1.807) is 26.5 Å². The van der Waals surface area contributed by atoms with Crippen molar-refractivity contribution in [1.82, 2.24) is 14.7 Å². The van der Waals surface area contributed by atoms with E-state index in [4.69, 9.17) is 9.47 Å². The van der Waals surface area contributed by atoms with Gasteiger partial charge in [-0.05, 0) is 37.0 Å². The van der Waals surface area contributed by atoms with Gasteiger partial charge in [-0.15, -0.1) is 0 Å². The molecule has 2 heterocycles. The highest BCUT2D eigenvalue weighted by Crippen LogP contribution is 2.35. The van der Waals surface area contributed by atoms with Gasteiger partial charge >= 0.3 is 6.03 Å². The molecule has 25 heavy (non-hydrogen) atoms. The van der Waals surface area contributed by atoms with E-state index in [1.807, 2.05) is 34.0 Å². The van der Waals surface area contributed by atoms with Gasteiger partial charge in [0.2, 0.25) is 0 Å². The average molecular weight is 344 g/mol. The first-order valence-corrected chi connectivity index (χ1v) is 8.45. The molecule has 1 aromatic heterocycles. The molecule has 2 aromatic rings. The number of likely N-dealkylation sites (tertiary alicyclic amines) is 1. The normalized spacial score (nSPS) is 15.0. The first kappa shape index (κ1) is 17.1. The van der Waals surface area contributed by atoms with Crippen molar-refractivity contribution in [2.45, 2.75) is 19.4 Å². The third kappa shape index (κ3) is 4.04. The van der Waals surface area contributed by atoms with E-state index in [0.29, 0.717) is 23.1 Å². The van der Waals surface area contributed by atoms with Gasteiger partial charge in [-0.3, -0.25) is 4.68 Å². The lowest BCUT2D eigenvalue weighted by Crippen LogP contribution is -2.41. The van der Waals surface area contributed by atoms with Gasteiger partial charge in [0.15, 0.2) is 11.5 Å². The SMILES string of the molecule is COc1cccc(NC(=O)N2CCC(Cn3cccn3)CC2)c1OC. The number of aromatic nitrogens is 2. The smallest absolute Gasteiger partial charge is 0.321 e. The second-order valence-electron chi connectivity index (χ2n) is 6.13. The Morgan fingerprint density at radius 3 is 2.68 bits per heavy atom. The molecular weight excluding hydrogens is 320 g/mol. The Morgan fingerprint density at radius 2 is 2.04 bits per heavy atom. The largest absolute Gasteiger partial charge is 0.493 e. The molecule has 7 nitrogen and oxygen atoms in total. The molecule has 1 saturated heterocycles. The predicted molar refractivity (Wildman–Crippen MR) is 95.1 cm³/mol. The summed E-state index contributed by atoms with van der Waals surface area (Å²) in [5, 5.41) is 7.18. The molecule has 1 N–H and O–H groups in total. The van der Waals surface area contributed by atoms with Crippen molar-refractivity contribution in [3.05, 3.63) is 36.7 Å². The van der Waals surface area contributed by atoms with E-state index in [9.17, 15) is 4.79 Å². The molecule has 0 unspecified atom stereocenters. The predicted octanol–water partition coefficient (Wildman–Crippen LogP) is 2.84. The first-order valence-electron chi connectivity index (χ1n) is 8.45. The van der Waals surface area contributed by atoms with E-state index >= 15 is 0 Å². The standard InChI is InChI=1S/C18H24N4O3/c1-24-16-6-3-5-15(17(16)25-2)20-18(23)21-11-7-14(8-12-21)13-22-10-4-9-19-22/h3-6,9-10,14H,7-8,11-13H2,1-2H3,(H,20,23). The molecule has 1 fully saturated rings. The van der Waals surface area contributed by atoms with Crippen LogP contribution in [0, 0.1) is 5.92 Å². The lowest BCUT2D eigenvalue weighted by Gasteiger charge is -2.32. The zero-order chi connectivity index (χ0) is 17.6. The fraction of sp³-hybridized carbons (Fsp3) is 0.444. The molecule has 2 amide bonds. The van der Waals surface area contributed by atoms with Crippen LogP contribution >= 0.6 is 0 Å². The number of methoxy groups -OCH3 is 2. The molecule has 0 aliphatic carbocycles. The van der Waals surface area contributed by atoms with Gasteiger partial charge in [-0.25, -0.2) is 4.79 Å². The van der Waals surface area contributed by atoms with E-state index in [-0.39, 0.29) is 6.03 Å². The lowest BCUT2D eigenvalue weighted by molar-refractivity contribution is 0.175. The fourth-order valence-corrected chi connectivity index (χ4v) is 3.17. The number of rotatable bonds is 5. The summed E-state index contributed by atoms with van der Waals surface area (Å²) < 4.78 is 12.6. The summed E-state index contributed by atoms with van der Waals surface area (Å²) in [6.45, 7) is 2.39. The third-order valence-corrected chi connectivity index (χ3v) is 4.55. The van der Waals surface area contributed by atoms with Crippen molar-refractivity contribution in [1.29, 1.82) is 0 Å². The minimum atomic E-state index is -0.107. The van der Waals surface area contributed by atoms with Gasteiger partial charge in [-0.2, -0.15) is 5.10 Å². The molecule has 1 aromatic carbocycles. The summed E-state index contributed by atoms with van der Waals surface area (Å²) in [5.41, 5.74) is 0.616. The van der Waals surface area contributed by atoms with Gasteiger partial charge in [0.25, 0.3) is 0 Å². The van der Waals surface area contributed by atoms with Crippen molar-refractivity contribution >= 4 is 11.7 Å². The van der Waals surface area contributed by atoms with Crippen molar-refractivity contribution in [3.63, 3.8) is 0 Å². The van der Waals surface area contributed by atoms with Crippen molar-refractivity contribution in [2.24, 2.45) is 5.92 Å². The van der Waals surface area contributed by atoms with Crippen LogP contribution in [0.3, 0.4) is 0 Å². The Hall–Kier alpha value is -2.70. The second kappa shape index (κ2) is 7.92. The van der Waals surface area contributed by atoms with Crippen molar-refractivity contribution < 1.29 is 14.3 Å². The second-order valence-corrected chi connectivity index (χ2v) is 6.13. The van der Waals surface area contributed by atoms with E-state index in [1.165, 1.54) is 0 Å². The third-order valence-electron chi connectivity index (χ3n) is 4.55. The first-order chi connectivity index (χ1) is 12.2. The maximum Gasteiger partial charge on any atom is 0.321 e. The number of anilines is 1. The molecule has 7 heteroatoms. The quantitative estimate of drug-likeness (QED) is 0.905. The molecule has 0 spiro atoms. The molecule has 1 aliphatic heterocycles. The highest BCUT2D eigenvalue weighted by Gasteiger charge is 2.24. The number of carbonyl (C=O) groups excluding carboxylic acids is 1. The Morgan fingerprint density at radius 1 is 1.24 bits per heavy atom. The van der Waals surface area contributed by atoms with Gasteiger partial charge in [0, 0.05) is 32.0 Å². The van der Waals surface area contributed by atoms with Crippen molar-refractivity contribution in [2.75, 3.05) is 32.6 Å². The van der Waals surface area contributed by atoms with E-state index in [2.05, 4.69) is 10.4 Å². The maximum atomic E-state index is 12.6. The van der Waals surface area contributed by atoms with Crippen LogP contribution in [-0.2, 0) is 6.54 Å². The number of nitrogens with one attached hydrogen (secondary N) is 1. The number of amides is 2. The number of ether oxygens (including phenoxy) is 2. The Bertz CT molecular complexity index is 694. The minimum absolute atomic E-state index is 0.107.